The number of fused-ring (bicyclic) bond motifs is 1. The Kier molecular flexibility index (Phi) is 3.86. The Bertz CT molecular complexity index is 782. The van der Waals surface area contributed by atoms with Crippen molar-refractivity contribution in [1.82, 2.24) is 15.3 Å². The first kappa shape index (κ1) is 14.0. The van der Waals surface area contributed by atoms with E-state index in [0.717, 1.165) is 22.5 Å². The number of thiophene rings is 1. The Morgan fingerprint density at radius 1 is 1.24 bits per heavy atom. The number of rotatable bonds is 4. The summed E-state index contributed by atoms with van der Waals surface area (Å²) in [5, 5.41) is 4.15. The molecular formula is C16H17N3OS. The lowest BCUT2D eigenvalue weighted by atomic mass is 10.2. The summed E-state index contributed by atoms with van der Waals surface area (Å²) in [4.78, 5) is 10.9. The van der Waals surface area contributed by atoms with Crippen molar-refractivity contribution in [2.45, 2.75) is 20.4 Å². The number of aromatic nitrogens is 2. The van der Waals surface area contributed by atoms with Crippen molar-refractivity contribution in [3.8, 4) is 11.6 Å². The first-order valence-corrected chi connectivity index (χ1v) is 7.63. The normalized spacial score (nSPS) is 11.0. The molecular weight excluding hydrogens is 282 g/mol. The van der Waals surface area contributed by atoms with Gasteiger partial charge in [-0.25, -0.2) is 9.97 Å². The van der Waals surface area contributed by atoms with E-state index in [4.69, 9.17) is 4.74 Å². The van der Waals surface area contributed by atoms with Gasteiger partial charge in [0.05, 0.1) is 5.39 Å². The Labute approximate surface area is 127 Å². The van der Waals surface area contributed by atoms with Crippen LogP contribution >= 0.6 is 11.3 Å². The zero-order valence-corrected chi connectivity index (χ0v) is 13.1. The molecule has 0 saturated heterocycles. The highest BCUT2D eigenvalue weighted by Gasteiger charge is 2.13. The van der Waals surface area contributed by atoms with Crippen molar-refractivity contribution in [1.29, 1.82) is 0 Å². The van der Waals surface area contributed by atoms with Crippen LogP contribution in [0.1, 0.15) is 16.0 Å². The molecule has 0 spiro atoms. The monoisotopic (exact) mass is 299 g/mol. The highest BCUT2D eigenvalue weighted by Crippen LogP contribution is 2.35. The molecule has 5 heteroatoms. The van der Waals surface area contributed by atoms with Gasteiger partial charge in [-0.1, -0.05) is 12.1 Å². The van der Waals surface area contributed by atoms with Crippen LogP contribution in [0.5, 0.6) is 11.6 Å². The molecule has 108 valence electrons. The van der Waals surface area contributed by atoms with Gasteiger partial charge in [0.1, 0.15) is 16.9 Å². The summed E-state index contributed by atoms with van der Waals surface area (Å²) in [6, 6.07) is 8.03. The lowest BCUT2D eigenvalue weighted by molar-refractivity contribution is 0.467. The summed E-state index contributed by atoms with van der Waals surface area (Å²) < 4.78 is 6.00. The molecule has 0 saturated carbocycles. The van der Waals surface area contributed by atoms with Gasteiger partial charge < -0.3 is 10.1 Å². The number of hydrogen-bond acceptors (Lipinski definition) is 5. The van der Waals surface area contributed by atoms with E-state index in [1.54, 1.807) is 17.7 Å². The quantitative estimate of drug-likeness (QED) is 0.795. The molecule has 0 aliphatic heterocycles. The summed E-state index contributed by atoms with van der Waals surface area (Å²) >= 11 is 1.67. The zero-order chi connectivity index (χ0) is 14.8. The molecule has 1 N–H and O–H groups in total. The first-order chi connectivity index (χ1) is 10.2. The van der Waals surface area contributed by atoms with E-state index in [0.29, 0.717) is 5.88 Å². The molecule has 3 rings (SSSR count). The van der Waals surface area contributed by atoms with Crippen LogP contribution in [0.2, 0.25) is 0 Å². The maximum Gasteiger partial charge on any atom is 0.231 e. The van der Waals surface area contributed by atoms with Crippen LogP contribution in [-0.2, 0) is 6.54 Å². The first-order valence-electron chi connectivity index (χ1n) is 6.81. The summed E-state index contributed by atoms with van der Waals surface area (Å²) in [5.41, 5.74) is 2.37. The number of nitrogens with zero attached hydrogens (tertiary/aromatic N) is 2. The van der Waals surface area contributed by atoms with Crippen molar-refractivity contribution in [3.05, 3.63) is 46.6 Å². The molecule has 0 amide bonds. The number of ether oxygens (including phenoxy) is 1. The number of aryl methyl sites for hydroxylation is 2. The van der Waals surface area contributed by atoms with Gasteiger partial charge in [-0.15, -0.1) is 11.3 Å². The van der Waals surface area contributed by atoms with Gasteiger partial charge in [0.25, 0.3) is 0 Å². The van der Waals surface area contributed by atoms with Crippen LogP contribution < -0.4 is 10.1 Å². The van der Waals surface area contributed by atoms with Crippen LogP contribution in [0.25, 0.3) is 10.2 Å². The second-order valence-electron chi connectivity index (χ2n) is 4.92. The molecule has 2 aromatic heterocycles. The second-order valence-corrected chi connectivity index (χ2v) is 6.13. The van der Waals surface area contributed by atoms with Gasteiger partial charge in [0, 0.05) is 11.4 Å². The van der Waals surface area contributed by atoms with Gasteiger partial charge in [-0.2, -0.15) is 0 Å². The molecule has 0 unspecified atom stereocenters. The van der Waals surface area contributed by atoms with E-state index in [9.17, 15) is 0 Å². The number of benzene rings is 1. The Morgan fingerprint density at radius 2 is 2.10 bits per heavy atom. The van der Waals surface area contributed by atoms with E-state index < -0.39 is 0 Å². The van der Waals surface area contributed by atoms with E-state index in [-0.39, 0.29) is 0 Å². The zero-order valence-electron chi connectivity index (χ0n) is 12.3. The lowest BCUT2D eigenvalue weighted by Gasteiger charge is -2.08. The van der Waals surface area contributed by atoms with Crippen molar-refractivity contribution in [2.75, 3.05) is 7.05 Å². The van der Waals surface area contributed by atoms with Gasteiger partial charge >= 0.3 is 0 Å². The average molecular weight is 299 g/mol. The smallest absolute Gasteiger partial charge is 0.231 e. The van der Waals surface area contributed by atoms with Crippen LogP contribution in [0.4, 0.5) is 0 Å². The fourth-order valence-electron chi connectivity index (χ4n) is 2.26. The SMILES string of the molecule is CNCc1cccc(Oc2ncnc3sc(C)c(C)c23)c1. The highest BCUT2D eigenvalue weighted by atomic mass is 32.1. The molecule has 0 aliphatic carbocycles. The molecule has 0 bridgehead atoms. The molecule has 3 aromatic rings. The van der Waals surface area contributed by atoms with E-state index >= 15 is 0 Å². The molecule has 21 heavy (non-hydrogen) atoms. The van der Waals surface area contributed by atoms with Crippen LogP contribution in [-0.4, -0.2) is 17.0 Å². The summed E-state index contributed by atoms with van der Waals surface area (Å²) in [6.07, 6.45) is 1.56. The third-order valence-electron chi connectivity index (χ3n) is 3.42. The van der Waals surface area contributed by atoms with Crippen molar-refractivity contribution < 1.29 is 4.74 Å². The Balaban J connectivity index is 2.00. The minimum absolute atomic E-state index is 0.628. The summed E-state index contributed by atoms with van der Waals surface area (Å²) in [5.74, 6) is 1.43. The van der Waals surface area contributed by atoms with Gasteiger partial charge in [0.15, 0.2) is 0 Å². The van der Waals surface area contributed by atoms with Crippen LogP contribution in [0.3, 0.4) is 0 Å². The summed E-state index contributed by atoms with van der Waals surface area (Å²) in [7, 11) is 1.93. The van der Waals surface area contributed by atoms with Crippen LogP contribution in [0.15, 0.2) is 30.6 Å². The number of hydrogen-bond donors (Lipinski definition) is 1. The Morgan fingerprint density at radius 3 is 2.90 bits per heavy atom. The molecule has 4 nitrogen and oxygen atoms in total. The minimum atomic E-state index is 0.628. The molecule has 0 radical (unpaired) electrons. The molecule has 0 fully saturated rings. The molecule has 0 aliphatic rings. The van der Waals surface area contributed by atoms with Gasteiger partial charge in [-0.05, 0) is 44.2 Å². The van der Waals surface area contributed by atoms with Crippen molar-refractivity contribution >= 4 is 21.6 Å². The van der Waals surface area contributed by atoms with Gasteiger partial charge in [-0.3, -0.25) is 0 Å². The predicted octanol–water partition coefficient (Wildman–Crippen LogP) is 3.82. The minimum Gasteiger partial charge on any atom is -0.438 e. The Hall–Kier alpha value is -1.98. The maximum absolute atomic E-state index is 6.00. The second kappa shape index (κ2) is 5.79. The number of nitrogens with one attached hydrogen (secondary N) is 1. The maximum atomic E-state index is 6.00. The predicted molar refractivity (Wildman–Crippen MR) is 86.2 cm³/mol. The third-order valence-corrected chi connectivity index (χ3v) is 4.54. The van der Waals surface area contributed by atoms with Crippen molar-refractivity contribution in [2.24, 2.45) is 0 Å². The van der Waals surface area contributed by atoms with Gasteiger partial charge in [0.2, 0.25) is 5.88 Å². The van der Waals surface area contributed by atoms with E-state index in [2.05, 4.69) is 35.2 Å². The van der Waals surface area contributed by atoms with Crippen molar-refractivity contribution in [3.63, 3.8) is 0 Å². The molecule has 0 atom stereocenters. The summed E-state index contributed by atoms with van der Waals surface area (Å²) in [6.45, 7) is 4.99. The average Bonchev–Trinajstić information content (AvgIpc) is 2.76. The van der Waals surface area contributed by atoms with E-state index in [1.165, 1.54) is 16.0 Å². The third kappa shape index (κ3) is 2.75. The topological polar surface area (TPSA) is 47.0 Å². The lowest BCUT2D eigenvalue weighted by Crippen LogP contribution is -2.04. The van der Waals surface area contributed by atoms with Crippen LogP contribution in [0, 0.1) is 13.8 Å². The fraction of sp³-hybridized carbons (Fsp3) is 0.250. The molecule has 2 heterocycles. The standard InChI is InChI=1S/C16H17N3OS/c1-10-11(2)21-16-14(10)15(18-9-19-16)20-13-6-4-5-12(7-13)8-17-3/h4-7,9,17H,8H2,1-3H3. The highest BCUT2D eigenvalue weighted by molar-refractivity contribution is 7.18. The largest absolute Gasteiger partial charge is 0.438 e. The fourth-order valence-corrected chi connectivity index (χ4v) is 3.25. The molecule has 1 aromatic carbocycles. The van der Waals surface area contributed by atoms with E-state index in [1.807, 2.05) is 25.2 Å².